The van der Waals surface area contributed by atoms with E-state index in [9.17, 15) is 0 Å². The second-order valence-electron chi connectivity index (χ2n) is 6.52. The summed E-state index contributed by atoms with van der Waals surface area (Å²) < 4.78 is 2.15. The Morgan fingerprint density at radius 3 is 2.21 bits per heavy atom. The van der Waals surface area contributed by atoms with Crippen LogP contribution in [0.3, 0.4) is 0 Å². The maximum atomic E-state index is 4.43. The van der Waals surface area contributed by atoms with Gasteiger partial charge < -0.3 is 0 Å². The van der Waals surface area contributed by atoms with Gasteiger partial charge in [-0.2, -0.15) is 0 Å². The zero-order valence-corrected chi connectivity index (χ0v) is 13.5. The molecule has 3 heteroatoms. The molecule has 110 valence electrons. The van der Waals surface area contributed by atoms with Gasteiger partial charge >= 0.3 is 0 Å². The highest BCUT2D eigenvalue weighted by Gasteiger charge is 2.24. The second kappa shape index (κ2) is 7.66. The molecule has 19 heavy (non-hydrogen) atoms. The van der Waals surface area contributed by atoms with Crippen LogP contribution in [0, 0.1) is 0 Å². The van der Waals surface area contributed by atoms with Crippen molar-refractivity contribution in [2.24, 2.45) is 0 Å². The molecule has 0 unspecified atom stereocenters. The van der Waals surface area contributed by atoms with E-state index in [4.69, 9.17) is 0 Å². The van der Waals surface area contributed by atoms with E-state index in [-0.39, 0.29) is 5.41 Å². The van der Waals surface area contributed by atoms with Gasteiger partial charge in [0.05, 0.1) is 11.4 Å². The smallest absolute Gasteiger partial charge is 0.0864 e. The Labute approximate surface area is 118 Å². The summed E-state index contributed by atoms with van der Waals surface area (Å²) in [6.45, 7) is 12.3. The summed E-state index contributed by atoms with van der Waals surface area (Å²) in [6, 6.07) is 0. The van der Waals surface area contributed by atoms with Gasteiger partial charge in [0, 0.05) is 12.0 Å². The van der Waals surface area contributed by atoms with Crippen LogP contribution in [0.5, 0.6) is 0 Å². The zero-order chi connectivity index (χ0) is 14.3. The molecule has 1 rings (SSSR count). The van der Waals surface area contributed by atoms with Crippen LogP contribution in [0.15, 0.2) is 0 Å². The van der Waals surface area contributed by atoms with Crippen molar-refractivity contribution >= 4 is 0 Å². The zero-order valence-electron chi connectivity index (χ0n) is 13.5. The van der Waals surface area contributed by atoms with Crippen LogP contribution in [0.4, 0.5) is 0 Å². The molecule has 3 nitrogen and oxygen atoms in total. The van der Waals surface area contributed by atoms with Crippen molar-refractivity contribution in [3.05, 3.63) is 11.4 Å². The van der Waals surface area contributed by atoms with Crippen LogP contribution >= 0.6 is 0 Å². The molecule has 1 heterocycles. The van der Waals surface area contributed by atoms with Gasteiger partial charge in [-0.1, -0.05) is 65.5 Å². The quantitative estimate of drug-likeness (QED) is 0.648. The van der Waals surface area contributed by atoms with Gasteiger partial charge in [-0.05, 0) is 19.3 Å². The maximum absolute atomic E-state index is 4.43. The largest absolute Gasteiger partial charge is 0.249 e. The van der Waals surface area contributed by atoms with Crippen LogP contribution < -0.4 is 0 Å². The molecule has 0 amide bonds. The van der Waals surface area contributed by atoms with E-state index in [1.54, 1.807) is 0 Å². The number of aryl methyl sites for hydroxylation is 2. The molecular formula is C16H31N3. The highest BCUT2D eigenvalue weighted by atomic mass is 15.4. The normalized spacial score (nSPS) is 12.1. The molecule has 0 radical (unpaired) electrons. The summed E-state index contributed by atoms with van der Waals surface area (Å²) >= 11 is 0. The number of hydrogen-bond acceptors (Lipinski definition) is 2. The molecule has 0 spiro atoms. The molecule has 0 bridgehead atoms. The topological polar surface area (TPSA) is 30.7 Å². The average Bonchev–Trinajstić information content (AvgIpc) is 2.75. The lowest BCUT2D eigenvalue weighted by Crippen LogP contribution is -2.20. The third kappa shape index (κ3) is 4.96. The molecule has 0 aliphatic rings. The highest BCUT2D eigenvalue weighted by molar-refractivity contribution is 5.19. The number of aromatic nitrogens is 3. The lowest BCUT2D eigenvalue weighted by molar-refractivity contribution is 0.456. The van der Waals surface area contributed by atoms with Crippen molar-refractivity contribution in [1.29, 1.82) is 0 Å². The first-order chi connectivity index (χ1) is 9.00. The predicted molar refractivity (Wildman–Crippen MR) is 81.5 cm³/mol. The van der Waals surface area contributed by atoms with Gasteiger partial charge in [0.1, 0.15) is 0 Å². The van der Waals surface area contributed by atoms with E-state index in [1.165, 1.54) is 49.9 Å². The summed E-state index contributed by atoms with van der Waals surface area (Å²) in [7, 11) is 0. The molecule has 0 saturated carbocycles. The van der Waals surface area contributed by atoms with Crippen molar-refractivity contribution in [1.82, 2.24) is 15.0 Å². The second-order valence-corrected chi connectivity index (χ2v) is 6.52. The van der Waals surface area contributed by atoms with Crippen molar-refractivity contribution in [3.63, 3.8) is 0 Å². The number of hydrogen-bond donors (Lipinski definition) is 0. The number of unbranched alkanes of at least 4 members (excludes halogenated alkanes) is 4. The molecule has 0 fully saturated rings. The van der Waals surface area contributed by atoms with E-state index < -0.39 is 0 Å². The average molecular weight is 265 g/mol. The summed E-state index contributed by atoms with van der Waals surface area (Å²) in [6.07, 6.45) is 8.60. The first-order valence-electron chi connectivity index (χ1n) is 7.93. The minimum Gasteiger partial charge on any atom is -0.249 e. The van der Waals surface area contributed by atoms with E-state index in [0.29, 0.717) is 0 Å². The lowest BCUT2D eigenvalue weighted by atomic mass is 9.89. The maximum Gasteiger partial charge on any atom is 0.0864 e. The predicted octanol–water partition coefficient (Wildman–Crippen LogP) is 4.50. The van der Waals surface area contributed by atoms with Crippen molar-refractivity contribution < 1.29 is 0 Å². The molecule has 0 aliphatic heterocycles. The van der Waals surface area contributed by atoms with Crippen molar-refractivity contribution in [2.45, 2.75) is 91.5 Å². The summed E-state index contributed by atoms with van der Waals surface area (Å²) in [4.78, 5) is 0. The highest BCUT2D eigenvalue weighted by Crippen LogP contribution is 2.26. The van der Waals surface area contributed by atoms with Crippen molar-refractivity contribution in [2.75, 3.05) is 0 Å². The number of rotatable bonds is 8. The van der Waals surface area contributed by atoms with Crippen LogP contribution in [0.1, 0.15) is 84.5 Å². The molecule has 0 aliphatic carbocycles. The van der Waals surface area contributed by atoms with Gasteiger partial charge in [-0.3, -0.25) is 0 Å². The Morgan fingerprint density at radius 1 is 0.947 bits per heavy atom. The standard InChI is InChI=1S/C16H31N3/c1-6-8-10-11-13-19-15(16(3,4)5)14(17-18-19)12-9-7-2/h6-13H2,1-5H3. The number of nitrogens with zero attached hydrogens (tertiary/aromatic N) is 3. The molecule has 0 aromatic carbocycles. The van der Waals surface area contributed by atoms with Gasteiger partial charge in [-0.15, -0.1) is 5.10 Å². The van der Waals surface area contributed by atoms with Crippen LogP contribution in [0.25, 0.3) is 0 Å². The fourth-order valence-electron chi connectivity index (χ4n) is 2.53. The van der Waals surface area contributed by atoms with Gasteiger partial charge in [0.15, 0.2) is 0 Å². The van der Waals surface area contributed by atoms with Crippen LogP contribution in [-0.2, 0) is 18.4 Å². The van der Waals surface area contributed by atoms with Crippen LogP contribution in [-0.4, -0.2) is 15.0 Å². The first-order valence-corrected chi connectivity index (χ1v) is 7.93. The van der Waals surface area contributed by atoms with E-state index in [1.807, 2.05) is 0 Å². The first kappa shape index (κ1) is 16.2. The molecule has 0 atom stereocenters. The van der Waals surface area contributed by atoms with Gasteiger partial charge in [-0.25, -0.2) is 4.68 Å². The van der Waals surface area contributed by atoms with Crippen LogP contribution in [0.2, 0.25) is 0 Å². The summed E-state index contributed by atoms with van der Waals surface area (Å²) in [5.41, 5.74) is 2.69. The SMILES string of the molecule is CCCCCCn1nnc(CCCC)c1C(C)(C)C. The monoisotopic (exact) mass is 265 g/mol. The fourth-order valence-corrected chi connectivity index (χ4v) is 2.53. The lowest BCUT2D eigenvalue weighted by Gasteiger charge is -2.21. The van der Waals surface area contributed by atoms with Gasteiger partial charge in [0.25, 0.3) is 0 Å². The Bertz CT molecular complexity index is 361. The minimum absolute atomic E-state index is 0.136. The molecule has 0 saturated heterocycles. The third-order valence-electron chi connectivity index (χ3n) is 3.51. The van der Waals surface area contributed by atoms with E-state index >= 15 is 0 Å². The Kier molecular flexibility index (Phi) is 6.53. The van der Waals surface area contributed by atoms with E-state index in [2.05, 4.69) is 49.6 Å². The summed E-state index contributed by atoms with van der Waals surface area (Å²) in [5.74, 6) is 0. The fraction of sp³-hybridized carbons (Fsp3) is 0.875. The molecule has 0 N–H and O–H groups in total. The summed E-state index contributed by atoms with van der Waals surface area (Å²) in [5, 5.41) is 8.83. The Balaban J connectivity index is 2.76. The Morgan fingerprint density at radius 2 is 1.63 bits per heavy atom. The molecular weight excluding hydrogens is 234 g/mol. The minimum atomic E-state index is 0.136. The van der Waals surface area contributed by atoms with Crippen molar-refractivity contribution in [3.8, 4) is 0 Å². The third-order valence-corrected chi connectivity index (χ3v) is 3.51. The van der Waals surface area contributed by atoms with Gasteiger partial charge in [0.2, 0.25) is 0 Å². The molecule has 1 aromatic rings. The van der Waals surface area contributed by atoms with E-state index in [0.717, 1.165) is 13.0 Å². The molecule has 1 aromatic heterocycles. The Hall–Kier alpha value is -0.860.